The maximum atomic E-state index is 14.8. The van der Waals surface area contributed by atoms with Crippen molar-refractivity contribution in [3.63, 3.8) is 0 Å². The Balaban J connectivity index is 1.59. The largest absolute Gasteiger partial charge is 0.461 e. The number of esters is 1. The fraction of sp³-hybridized carbons (Fsp3) is 0.581. The molecule has 42 heavy (non-hydrogen) atoms. The lowest BCUT2D eigenvalue weighted by Crippen LogP contribution is -2.59. The minimum Gasteiger partial charge on any atom is -0.461 e. The molecule has 3 aliphatic heterocycles. The highest BCUT2D eigenvalue weighted by Crippen LogP contribution is 2.65. The zero-order valence-corrected chi connectivity index (χ0v) is 24.6. The summed E-state index contributed by atoms with van der Waals surface area (Å²) in [6.07, 6.45) is 5.03. The Morgan fingerprint density at radius 2 is 2.02 bits per heavy atom. The maximum absolute atomic E-state index is 14.8. The standard InChI is InChI=1S/C31H41N5O6/c1-6-15-34(19-35-23-12-10-9-11-22(23)32-33-35)28(39)26-31-14-13-30(8-3,42-31)25(29(40)41-16-7-2)24(31)27(38)36(26)21(18-37)17-20(4)5/h6-7,9-12,20-21,24-26,37H,1-2,8,13-19H2,3-5H3/t21-,24+,25-,26?,30+,31?/m1/s1. The van der Waals surface area contributed by atoms with Crippen molar-refractivity contribution < 1.29 is 29.0 Å². The molecular weight excluding hydrogens is 538 g/mol. The molecule has 5 rings (SSSR count). The number of likely N-dealkylation sites (tertiary alicyclic amines) is 1. The number of aliphatic hydroxyl groups is 1. The number of ether oxygens (including phenoxy) is 2. The predicted molar refractivity (Wildman–Crippen MR) is 155 cm³/mol. The van der Waals surface area contributed by atoms with E-state index in [1.807, 2.05) is 45.0 Å². The van der Waals surface area contributed by atoms with E-state index in [-0.39, 0.29) is 44.2 Å². The summed E-state index contributed by atoms with van der Waals surface area (Å²) in [5, 5.41) is 19.0. The molecule has 2 bridgehead atoms. The van der Waals surface area contributed by atoms with Crippen molar-refractivity contribution in [2.45, 2.75) is 76.4 Å². The Labute approximate surface area is 246 Å². The first-order valence-corrected chi connectivity index (χ1v) is 14.8. The van der Waals surface area contributed by atoms with Crippen LogP contribution in [0.4, 0.5) is 0 Å². The van der Waals surface area contributed by atoms with Gasteiger partial charge >= 0.3 is 5.97 Å². The summed E-state index contributed by atoms with van der Waals surface area (Å²) in [5.74, 6) is -2.85. The van der Waals surface area contributed by atoms with E-state index in [0.717, 1.165) is 5.52 Å². The number of nitrogens with zero attached hydrogens (tertiary/aromatic N) is 5. The highest BCUT2D eigenvalue weighted by Gasteiger charge is 2.79. The van der Waals surface area contributed by atoms with Crippen molar-refractivity contribution in [3.8, 4) is 0 Å². The van der Waals surface area contributed by atoms with Gasteiger partial charge < -0.3 is 24.4 Å². The van der Waals surface area contributed by atoms with Crippen molar-refractivity contribution in [1.82, 2.24) is 24.8 Å². The van der Waals surface area contributed by atoms with E-state index in [2.05, 4.69) is 23.5 Å². The highest BCUT2D eigenvalue weighted by molar-refractivity contribution is 5.98. The Bertz CT molecular complexity index is 1370. The van der Waals surface area contributed by atoms with Crippen molar-refractivity contribution >= 4 is 28.8 Å². The molecule has 11 heteroatoms. The molecule has 2 aromatic rings. The van der Waals surface area contributed by atoms with Gasteiger partial charge in [-0.1, -0.05) is 56.8 Å². The van der Waals surface area contributed by atoms with Crippen LogP contribution in [0.1, 0.15) is 46.5 Å². The fourth-order valence-corrected chi connectivity index (χ4v) is 7.47. The predicted octanol–water partition coefficient (Wildman–Crippen LogP) is 2.69. The number of carbonyl (C=O) groups is 3. The lowest BCUT2D eigenvalue weighted by molar-refractivity contribution is -0.163. The summed E-state index contributed by atoms with van der Waals surface area (Å²) in [6, 6.07) is 5.79. The van der Waals surface area contributed by atoms with Gasteiger partial charge in [0.1, 0.15) is 36.4 Å². The van der Waals surface area contributed by atoms with Crippen molar-refractivity contribution in [2.24, 2.45) is 17.8 Å². The van der Waals surface area contributed by atoms with Gasteiger partial charge in [0.25, 0.3) is 0 Å². The van der Waals surface area contributed by atoms with Gasteiger partial charge in [0.05, 0.1) is 29.7 Å². The third kappa shape index (κ3) is 4.63. The number of aromatic nitrogens is 3. The van der Waals surface area contributed by atoms with Crippen LogP contribution in [0.5, 0.6) is 0 Å². The van der Waals surface area contributed by atoms with Crippen molar-refractivity contribution in [2.75, 3.05) is 19.8 Å². The second kappa shape index (κ2) is 11.6. The molecule has 226 valence electrons. The summed E-state index contributed by atoms with van der Waals surface area (Å²) in [5.41, 5.74) is -0.700. The quantitative estimate of drug-likeness (QED) is 0.284. The van der Waals surface area contributed by atoms with Crippen LogP contribution < -0.4 is 0 Å². The molecule has 1 aromatic carbocycles. The van der Waals surface area contributed by atoms with Gasteiger partial charge in [-0.2, -0.15) is 0 Å². The molecule has 4 heterocycles. The molecule has 1 N–H and O–H groups in total. The van der Waals surface area contributed by atoms with E-state index in [9.17, 15) is 19.5 Å². The summed E-state index contributed by atoms with van der Waals surface area (Å²) in [7, 11) is 0. The molecule has 6 atom stereocenters. The molecule has 0 saturated carbocycles. The van der Waals surface area contributed by atoms with Crippen molar-refractivity contribution in [3.05, 3.63) is 49.6 Å². The number of hydrogen-bond acceptors (Lipinski definition) is 8. The molecule has 2 amide bonds. The van der Waals surface area contributed by atoms with Gasteiger partial charge in [0.15, 0.2) is 0 Å². The minimum absolute atomic E-state index is 0.0146. The second-order valence-corrected chi connectivity index (χ2v) is 12.0. The van der Waals surface area contributed by atoms with E-state index < -0.39 is 41.1 Å². The lowest BCUT2D eigenvalue weighted by atomic mass is 9.65. The van der Waals surface area contributed by atoms with Crippen LogP contribution in [0.25, 0.3) is 11.0 Å². The van der Waals surface area contributed by atoms with Gasteiger partial charge in [-0.3, -0.25) is 14.4 Å². The monoisotopic (exact) mass is 579 g/mol. The van der Waals surface area contributed by atoms with Gasteiger partial charge in [0.2, 0.25) is 11.8 Å². The summed E-state index contributed by atoms with van der Waals surface area (Å²) in [6.45, 7) is 13.4. The van der Waals surface area contributed by atoms with Gasteiger partial charge in [-0.05, 0) is 43.7 Å². The van der Waals surface area contributed by atoms with E-state index in [4.69, 9.17) is 9.47 Å². The molecule has 1 aromatic heterocycles. The number of hydrogen-bond donors (Lipinski definition) is 1. The van der Waals surface area contributed by atoms with Crippen LogP contribution >= 0.6 is 0 Å². The SMILES string of the molecule is C=CCOC(=O)[C@H]1[C@H]2C(=O)N([C@@H](CO)CC(C)C)C(C(=O)N(CC=C)Cn3nnc4ccccc43)C23CC[C@]1(CC)O3. The van der Waals surface area contributed by atoms with E-state index in [1.165, 1.54) is 11.0 Å². The maximum Gasteiger partial charge on any atom is 0.313 e. The van der Waals surface area contributed by atoms with Crippen LogP contribution in [0.2, 0.25) is 0 Å². The third-order valence-electron chi connectivity index (χ3n) is 9.18. The molecule has 1 spiro atoms. The third-order valence-corrected chi connectivity index (χ3v) is 9.18. The average molecular weight is 580 g/mol. The molecule has 3 aliphatic rings. The minimum atomic E-state index is -1.24. The Hall–Kier alpha value is -3.57. The van der Waals surface area contributed by atoms with E-state index in [1.54, 1.807) is 15.7 Å². The fourth-order valence-electron chi connectivity index (χ4n) is 7.47. The molecule has 0 radical (unpaired) electrons. The number of aliphatic hydroxyl groups excluding tert-OH is 1. The van der Waals surface area contributed by atoms with Crippen LogP contribution in [-0.2, 0) is 30.5 Å². The van der Waals surface area contributed by atoms with Crippen LogP contribution in [0, 0.1) is 17.8 Å². The normalized spacial score (nSPS) is 28.7. The van der Waals surface area contributed by atoms with Crippen LogP contribution in [-0.4, -0.2) is 90.7 Å². The lowest BCUT2D eigenvalue weighted by Gasteiger charge is -2.40. The molecule has 2 unspecified atom stereocenters. The van der Waals surface area contributed by atoms with Crippen molar-refractivity contribution in [1.29, 1.82) is 0 Å². The zero-order chi connectivity index (χ0) is 30.2. The first-order chi connectivity index (χ1) is 20.2. The number of fused-ring (bicyclic) bond motifs is 2. The number of benzene rings is 1. The number of para-hydroxylation sites is 1. The van der Waals surface area contributed by atoms with Crippen LogP contribution in [0.3, 0.4) is 0 Å². The second-order valence-electron chi connectivity index (χ2n) is 12.0. The smallest absolute Gasteiger partial charge is 0.313 e. The Kier molecular flexibility index (Phi) is 8.26. The number of carbonyl (C=O) groups excluding carboxylic acids is 3. The van der Waals surface area contributed by atoms with Gasteiger partial charge in [0, 0.05) is 6.54 Å². The number of amides is 2. The van der Waals surface area contributed by atoms with Crippen LogP contribution in [0.15, 0.2) is 49.6 Å². The Morgan fingerprint density at radius 1 is 1.26 bits per heavy atom. The first kappa shape index (κ1) is 29.9. The van der Waals surface area contributed by atoms with Gasteiger partial charge in [-0.15, -0.1) is 11.7 Å². The highest BCUT2D eigenvalue weighted by atomic mass is 16.6. The molecule has 0 aliphatic carbocycles. The number of rotatable bonds is 13. The molecular formula is C31H41N5O6. The average Bonchev–Trinajstić information content (AvgIpc) is 3.71. The summed E-state index contributed by atoms with van der Waals surface area (Å²) in [4.78, 5) is 45.8. The zero-order valence-electron chi connectivity index (χ0n) is 24.6. The molecule has 3 saturated heterocycles. The summed E-state index contributed by atoms with van der Waals surface area (Å²) >= 11 is 0. The molecule has 3 fully saturated rings. The topological polar surface area (TPSA) is 127 Å². The van der Waals surface area contributed by atoms with Gasteiger partial charge in [-0.25, -0.2) is 4.68 Å². The van der Waals surface area contributed by atoms with E-state index in [0.29, 0.717) is 31.2 Å². The van der Waals surface area contributed by atoms with E-state index >= 15 is 0 Å². The molecule has 11 nitrogen and oxygen atoms in total. The summed E-state index contributed by atoms with van der Waals surface area (Å²) < 4.78 is 14.0. The Morgan fingerprint density at radius 3 is 2.69 bits per heavy atom. The first-order valence-electron chi connectivity index (χ1n) is 14.8.